The molecular formula is C27H29N5O4. The Kier molecular flexibility index (Phi) is 7.04. The lowest BCUT2D eigenvalue weighted by atomic mass is 9.93. The van der Waals surface area contributed by atoms with E-state index in [-0.39, 0.29) is 11.7 Å². The van der Waals surface area contributed by atoms with Crippen LogP contribution in [0.25, 0.3) is 11.0 Å². The molecule has 1 fully saturated rings. The maximum absolute atomic E-state index is 13.1. The summed E-state index contributed by atoms with van der Waals surface area (Å²) in [5.74, 6) is 1.46. The number of aromatic nitrogens is 4. The summed E-state index contributed by atoms with van der Waals surface area (Å²) in [6.07, 6.45) is 4.36. The van der Waals surface area contributed by atoms with Gasteiger partial charge in [0.1, 0.15) is 17.7 Å². The van der Waals surface area contributed by atoms with Crippen LogP contribution < -0.4 is 4.74 Å². The van der Waals surface area contributed by atoms with E-state index >= 15 is 0 Å². The summed E-state index contributed by atoms with van der Waals surface area (Å²) in [5, 5.41) is 10.2. The first kappa shape index (κ1) is 24.1. The second-order valence-electron chi connectivity index (χ2n) is 8.93. The number of hydrogen-bond donors (Lipinski definition) is 1. The van der Waals surface area contributed by atoms with E-state index < -0.39 is 6.23 Å². The van der Waals surface area contributed by atoms with Crippen LogP contribution in [0.4, 0.5) is 0 Å². The molecule has 186 valence electrons. The number of carbonyl (C=O) groups is 1. The van der Waals surface area contributed by atoms with Gasteiger partial charge in [-0.1, -0.05) is 12.1 Å². The lowest BCUT2D eigenvalue weighted by Crippen LogP contribution is -2.43. The summed E-state index contributed by atoms with van der Waals surface area (Å²) in [4.78, 5) is 28.6. The average molecular weight is 488 g/mol. The zero-order valence-electron chi connectivity index (χ0n) is 20.4. The third kappa shape index (κ3) is 4.86. The Hall–Kier alpha value is -3.66. The van der Waals surface area contributed by atoms with Crippen molar-refractivity contribution in [3.8, 4) is 11.6 Å². The fourth-order valence-electron chi connectivity index (χ4n) is 4.68. The van der Waals surface area contributed by atoms with Crippen LogP contribution in [0.15, 0.2) is 60.9 Å². The van der Waals surface area contributed by atoms with Gasteiger partial charge in [-0.25, -0.2) is 9.97 Å². The molecule has 0 amide bonds. The molecule has 3 heterocycles. The van der Waals surface area contributed by atoms with E-state index in [1.165, 1.54) is 0 Å². The molecule has 1 saturated heterocycles. The van der Waals surface area contributed by atoms with Gasteiger partial charge in [-0.15, -0.1) is 0 Å². The molecule has 2 aromatic carbocycles. The fraction of sp³-hybridized carbons (Fsp3) is 0.333. The highest BCUT2D eigenvalue weighted by molar-refractivity contribution is 6.08. The Balaban J connectivity index is 1.29. The third-order valence-electron chi connectivity index (χ3n) is 6.67. The summed E-state index contributed by atoms with van der Waals surface area (Å²) in [6, 6.07) is 14.7. The highest BCUT2D eigenvalue weighted by Gasteiger charge is 2.28. The normalized spacial score (nSPS) is 15.8. The zero-order chi connectivity index (χ0) is 25.1. The molecule has 4 aromatic rings. The van der Waals surface area contributed by atoms with Crippen molar-refractivity contribution in [1.29, 1.82) is 0 Å². The van der Waals surface area contributed by atoms with Crippen LogP contribution in [0.1, 0.15) is 40.6 Å². The smallest absolute Gasteiger partial charge is 0.241 e. The molecule has 36 heavy (non-hydrogen) atoms. The van der Waals surface area contributed by atoms with Crippen molar-refractivity contribution < 1.29 is 19.4 Å². The summed E-state index contributed by atoms with van der Waals surface area (Å²) < 4.78 is 13.0. The number of likely N-dealkylation sites (tertiary alicyclic amines) is 1. The number of aryl methyl sites for hydroxylation is 1. The average Bonchev–Trinajstić information content (AvgIpc) is 3.26. The van der Waals surface area contributed by atoms with E-state index in [2.05, 4.69) is 15.0 Å². The van der Waals surface area contributed by atoms with Crippen LogP contribution in [0, 0.1) is 0 Å². The Morgan fingerprint density at radius 3 is 2.53 bits per heavy atom. The summed E-state index contributed by atoms with van der Waals surface area (Å²) in [6.45, 7) is 1.77. The second kappa shape index (κ2) is 10.5. The Morgan fingerprint density at radius 1 is 1.08 bits per heavy atom. The van der Waals surface area contributed by atoms with Crippen molar-refractivity contribution in [3.05, 3.63) is 78.0 Å². The number of imidazole rings is 1. The molecule has 9 nitrogen and oxygen atoms in total. The molecule has 0 radical (unpaired) electrons. The van der Waals surface area contributed by atoms with Gasteiger partial charge in [-0.05, 0) is 49.2 Å². The Morgan fingerprint density at radius 2 is 1.81 bits per heavy atom. The van der Waals surface area contributed by atoms with Gasteiger partial charge in [-0.3, -0.25) is 14.7 Å². The Bertz CT molecular complexity index is 1350. The predicted molar refractivity (Wildman–Crippen MR) is 134 cm³/mol. The number of fused-ring (bicyclic) bond motifs is 1. The van der Waals surface area contributed by atoms with Crippen molar-refractivity contribution in [2.75, 3.05) is 26.8 Å². The first-order valence-electron chi connectivity index (χ1n) is 12.0. The highest BCUT2D eigenvalue weighted by atomic mass is 16.5. The minimum absolute atomic E-state index is 0.150. The van der Waals surface area contributed by atoms with E-state index in [0.29, 0.717) is 29.6 Å². The number of hydrogen-bond acceptors (Lipinski definition) is 8. The van der Waals surface area contributed by atoms with Crippen molar-refractivity contribution in [2.24, 2.45) is 7.05 Å². The standard InChI is InChI=1S/C27H29N5O4/c1-31-22-6-4-3-5-21(22)30-26(31)25(34)19-7-9-20(10-8-19)36-27-24(28-13-14-29-27)18-11-15-32(16-12-18)23(33)17-35-2/h3-10,13-14,18,23,33H,11-12,15-17H2,1-2H3. The number of nitrogens with zero attached hydrogens (tertiary/aromatic N) is 5. The molecule has 9 heteroatoms. The van der Waals surface area contributed by atoms with Gasteiger partial charge in [0.05, 0.1) is 17.6 Å². The number of ether oxygens (including phenoxy) is 2. The number of para-hydroxylation sites is 2. The zero-order valence-corrected chi connectivity index (χ0v) is 20.4. The van der Waals surface area contributed by atoms with Gasteiger partial charge >= 0.3 is 0 Å². The summed E-state index contributed by atoms with van der Waals surface area (Å²) >= 11 is 0. The van der Waals surface area contributed by atoms with E-state index in [1.807, 2.05) is 40.8 Å². The summed E-state index contributed by atoms with van der Waals surface area (Å²) in [5.41, 5.74) is 3.04. The molecule has 0 spiro atoms. The van der Waals surface area contributed by atoms with E-state index in [9.17, 15) is 9.90 Å². The number of rotatable bonds is 8. The molecule has 1 unspecified atom stereocenters. The van der Waals surface area contributed by atoms with Crippen LogP contribution in [-0.4, -0.2) is 68.3 Å². The molecule has 0 saturated carbocycles. The third-order valence-corrected chi connectivity index (χ3v) is 6.67. The maximum atomic E-state index is 13.1. The number of methoxy groups -OCH3 is 1. The number of aliphatic hydroxyl groups excluding tert-OH is 1. The number of benzene rings is 2. The monoisotopic (exact) mass is 487 g/mol. The van der Waals surface area contributed by atoms with Crippen LogP contribution in [0.2, 0.25) is 0 Å². The van der Waals surface area contributed by atoms with Gasteiger partial charge in [0.2, 0.25) is 11.7 Å². The molecule has 2 aromatic heterocycles. The SMILES string of the molecule is COCC(O)N1CCC(c2nccnc2Oc2ccc(C(=O)c3nc4ccccc4n3C)cc2)CC1. The van der Waals surface area contributed by atoms with Crippen LogP contribution >= 0.6 is 0 Å². The molecule has 1 aliphatic rings. The van der Waals surface area contributed by atoms with Crippen LogP contribution in [-0.2, 0) is 11.8 Å². The van der Waals surface area contributed by atoms with Gasteiger partial charge in [0.25, 0.3) is 0 Å². The fourth-order valence-corrected chi connectivity index (χ4v) is 4.68. The van der Waals surface area contributed by atoms with Crippen molar-refractivity contribution in [3.63, 3.8) is 0 Å². The van der Waals surface area contributed by atoms with Crippen molar-refractivity contribution in [1.82, 2.24) is 24.4 Å². The van der Waals surface area contributed by atoms with E-state index in [0.717, 1.165) is 42.7 Å². The van der Waals surface area contributed by atoms with Gasteiger partial charge in [0, 0.05) is 51.1 Å². The molecule has 5 rings (SSSR count). The molecule has 0 bridgehead atoms. The maximum Gasteiger partial charge on any atom is 0.241 e. The molecule has 1 N–H and O–H groups in total. The topological polar surface area (TPSA) is 103 Å². The molecular weight excluding hydrogens is 458 g/mol. The molecule has 1 atom stereocenters. The van der Waals surface area contributed by atoms with E-state index in [4.69, 9.17) is 9.47 Å². The van der Waals surface area contributed by atoms with Crippen LogP contribution in [0.3, 0.4) is 0 Å². The first-order valence-corrected chi connectivity index (χ1v) is 12.0. The minimum atomic E-state index is -0.598. The number of carbonyl (C=O) groups excluding carboxylic acids is 1. The largest absolute Gasteiger partial charge is 0.437 e. The Labute approximate surface area is 209 Å². The first-order chi connectivity index (χ1) is 17.5. The lowest BCUT2D eigenvalue weighted by Gasteiger charge is -2.34. The van der Waals surface area contributed by atoms with Gasteiger partial charge in [-0.2, -0.15) is 0 Å². The highest BCUT2D eigenvalue weighted by Crippen LogP contribution is 2.34. The number of aliphatic hydroxyl groups is 1. The van der Waals surface area contributed by atoms with E-state index in [1.54, 1.807) is 43.8 Å². The number of ketones is 1. The van der Waals surface area contributed by atoms with Crippen molar-refractivity contribution in [2.45, 2.75) is 25.0 Å². The van der Waals surface area contributed by atoms with Crippen LogP contribution in [0.5, 0.6) is 11.6 Å². The molecule has 1 aliphatic heterocycles. The summed E-state index contributed by atoms with van der Waals surface area (Å²) in [7, 11) is 3.43. The van der Waals surface area contributed by atoms with Gasteiger partial charge in [0.15, 0.2) is 5.82 Å². The number of piperidine rings is 1. The minimum Gasteiger partial charge on any atom is -0.437 e. The predicted octanol–water partition coefficient (Wildman–Crippen LogP) is 3.53. The second-order valence-corrected chi connectivity index (χ2v) is 8.93. The lowest BCUT2D eigenvalue weighted by molar-refractivity contribution is -0.0566. The molecule has 0 aliphatic carbocycles. The quantitative estimate of drug-likeness (QED) is 0.377. The van der Waals surface area contributed by atoms with Gasteiger partial charge < -0.3 is 19.1 Å². The van der Waals surface area contributed by atoms with Crippen molar-refractivity contribution >= 4 is 16.8 Å².